The van der Waals surface area contributed by atoms with Gasteiger partial charge in [-0.25, -0.2) is 9.59 Å². The first kappa shape index (κ1) is 27.4. The van der Waals surface area contributed by atoms with Gasteiger partial charge in [-0.1, -0.05) is 30.3 Å². The van der Waals surface area contributed by atoms with Gasteiger partial charge in [-0.2, -0.15) is 0 Å². The summed E-state index contributed by atoms with van der Waals surface area (Å²) < 4.78 is 10.8. The average Bonchev–Trinajstić information content (AvgIpc) is 3.31. The van der Waals surface area contributed by atoms with Gasteiger partial charge in [0.1, 0.15) is 18.8 Å². The molecule has 0 bridgehead atoms. The molecule has 4 atom stereocenters. The largest absolute Gasteiger partial charge is 0.480 e. The van der Waals surface area contributed by atoms with Crippen LogP contribution in [0.2, 0.25) is 0 Å². The van der Waals surface area contributed by atoms with Crippen molar-refractivity contribution in [2.45, 2.75) is 57.1 Å². The number of guanidine groups is 1. The highest BCUT2D eigenvalue weighted by molar-refractivity contribution is 5.84. The van der Waals surface area contributed by atoms with Crippen molar-refractivity contribution < 1.29 is 33.8 Å². The average molecular weight is 493 g/mol. The maximum absolute atomic E-state index is 12.5. The van der Waals surface area contributed by atoms with E-state index in [9.17, 15) is 24.3 Å². The first-order valence-electron chi connectivity index (χ1n) is 11.1. The van der Waals surface area contributed by atoms with Crippen LogP contribution in [0.15, 0.2) is 35.3 Å². The van der Waals surface area contributed by atoms with E-state index in [1.807, 2.05) is 6.07 Å². The van der Waals surface area contributed by atoms with Crippen LogP contribution in [0.3, 0.4) is 0 Å². The number of amides is 3. The summed E-state index contributed by atoms with van der Waals surface area (Å²) in [6.07, 6.45) is -1.08. The monoisotopic (exact) mass is 492 g/mol. The number of nitrogens with zero attached hydrogens (tertiary/aromatic N) is 1. The second-order valence-corrected chi connectivity index (χ2v) is 8.00. The second kappa shape index (κ2) is 13.7. The predicted molar refractivity (Wildman–Crippen MR) is 125 cm³/mol. The van der Waals surface area contributed by atoms with Crippen molar-refractivity contribution in [3.8, 4) is 0 Å². The van der Waals surface area contributed by atoms with Crippen molar-refractivity contribution in [3.63, 3.8) is 0 Å². The van der Waals surface area contributed by atoms with Crippen molar-refractivity contribution in [2.75, 3.05) is 13.1 Å². The fraction of sp³-hybridized carbons (Fsp3) is 0.500. The number of rotatable bonds is 12. The number of hydrogen-bond donors (Lipinski definition) is 6. The topological polar surface area (TPSA) is 207 Å². The molecule has 0 unspecified atom stereocenters. The molecular formula is C22H32N6O7. The molecule has 1 aliphatic heterocycles. The summed E-state index contributed by atoms with van der Waals surface area (Å²) in [7, 11) is 0. The first-order chi connectivity index (χ1) is 16.7. The van der Waals surface area contributed by atoms with E-state index in [0.717, 1.165) is 5.56 Å². The van der Waals surface area contributed by atoms with E-state index in [0.29, 0.717) is 12.8 Å². The molecular weight excluding hydrogens is 460 g/mol. The van der Waals surface area contributed by atoms with E-state index in [-0.39, 0.29) is 50.1 Å². The SMILES string of the molecule is C[C@H](NC(=O)CCN=C(N)N)[C@@H]1CC[C@@H](C(=O)NC[C@H](NC(=O)OCc2ccccc2)C(=O)O)O1. The Morgan fingerprint density at radius 3 is 2.54 bits per heavy atom. The molecule has 1 saturated heterocycles. The molecule has 1 fully saturated rings. The number of carboxylic acid groups (broad SMARTS) is 1. The number of ether oxygens (including phenoxy) is 2. The molecule has 8 N–H and O–H groups in total. The van der Waals surface area contributed by atoms with Crippen LogP contribution in [-0.2, 0) is 30.5 Å². The number of nitrogens with two attached hydrogens (primary N) is 2. The zero-order valence-corrected chi connectivity index (χ0v) is 19.4. The molecule has 3 amide bonds. The van der Waals surface area contributed by atoms with Gasteiger partial charge in [-0.3, -0.25) is 14.6 Å². The number of aliphatic carboxylic acids is 1. The number of alkyl carbamates (subject to hydrolysis) is 1. The summed E-state index contributed by atoms with van der Waals surface area (Å²) in [6.45, 7) is 1.55. The molecule has 0 aliphatic carbocycles. The van der Waals surface area contributed by atoms with E-state index >= 15 is 0 Å². The minimum atomic E-state index is -1.39. The van der Waals surface area contributed by atoms with Crippen LogP contribution in [0, 0.1) is 0 Å². The van der Waals surface area contributed by atoms with E-state index in [2.05, 4.69) is 20.9 Å². The lowest BCUT2D eigenvalue weighted by atomic mass is 10.1. The fourth-order valence-electron chi connectivity index (χ4n) is 3.35. The molecule has 13 nitrogen and oxygen atoms in total. The quantitative estimate of drug-likeness (QED) is 0.159. The van der Waals surface area contributed by atoms with Crippen molar-refractivity contribution in [2.24, 2.45) is 16.5 Å². The lowest BCUT2D eigenvalue weighted by Crippen LogP contribution is -2.50. The van der Waals surface area contributed by atoms with Gasteiger partial charge in [-0.05, 0) is 25.3 Å². The maximum Gasteiger partial charge on any atom is 0.408 e. The van der Waals surface area contributed by atoms with Crippen LogP contribution in [0.5, 0.6) is 0 Å². The number of aliphatic imine (C=N–C) groups is 1. The zero-order chi connectivity index (χ0) is 25.8. The van der Waals surface area contributed by atoms with Gasteiger partial charge in [0.15, 0.2) is 5.96 Å². The van der Waals surface area contributed by atoms with Gasteiger partial charge in [-0.15, -0.1) is 0 Å². The number of hydrogen-bond acceptors (Lipinski definition) is 7. The summed E-state index contributed by atoms with van der Waals surface area (Å²) in [6, 6.07) is 7.16. The minimum absolute atomic E-state index is 0.0221. The summed E-state index contributed by atoms with van der Waals surface area (Å²) in [5.74, 6) is -2.19. The highest BCUT2D eigenvalue weighted by atomic mass is 16.5. The van der Waals surface area contributed by atoms with E-state index < -0.39 is 30.1 Å². The number of benzene rings is 1. The fourth-order valence-corrected chi connectivity index (χ4v) is 3.35. The van der Waals surface area contributed by atoms with Crippen molar-refractivity contribution >= 4 is 29.8 Å². The van der Waals surface area contributed by atoms with Crippen LogP contribution in [0.1, 0.15) is 31.7 Å². The van der Waals surface area contributed by atoms with Crippen LogP contribution < -0.4 is 27.4 Å². The lowest BCUT2D eigenvalue weighted by molar-refractivity contribution is -0.139. The molecule has 0 saturated carbocycles. The second-order valence-electron chi connectivity index (χ2n) is 8.00. The van der Waals surface area contributed by atoms with Crippen LogP contribution >= 0.6 is 0 Å². The molecule has 0 aromatic heterocycles. The Morgan fingerprint density at radius 1 is 1.17 bits per heavy atom. The summed E-state index contributed by atoms with van der Waals surface area (Å²) in [5, 5.41) is 16.8. The highest BCUT2D eigenvalue weighted by Gasteiger charge is 2.34. The first-order valence-corrected chi connectivity index (χ1v) is 11.1. The van der Waals surface area contributed by atoms with Gasteiger partial charge >= 0.3 is 12.1 Å². The van der Waals surface area contributed by atoms with Gasteiger partial charge in [0.2, 0.25) is 11.8 Å². The summed E-state index contributed by atoms with van der Waals surface area (Å²) in [5.41, 5.74) is 11.2. The van der Waals surface area contributed by atoms with E-state index in [4.69, 9.17) is 20.9 Å². The van der Waals surface area contributed by atoms with Crippen LogP contribution in [0.4, 0.5) is 4.79 Å². The number of carbonyl (C=O) groups is 4. The minimum Gasteiger partial charge on any atom is -0.480 e. The molecule has 192 valence electrons. The Hall–Kier alpha value is -3.87. The Morgan fingerprint density at radius 2 is 1.89 bits per heavy atom. The third-order valence-corrected chi connectivity index (χ3v) is 5.21. The molecule has 1 aromatic rings. The third-order valence-electron chi connectivity index (χ3n) is 5.21. The van der Waals surface area contributed by atoms with Gasteiger partial charge in [0, 0.05) is 13.0 Å². The zero-order valence-electron chi connectivity index (χ0n) is 19.4. The molecule has 0 radical (unpaired) electrons. The molecule has 1 heterocycles. The normalized spacial score (nSPS) is 18.5. The molecule has 1 aliphatic rings. The Balaban J connectivity index is 1.74. The lowest BCUT2D eigenvalue weighted by Gasteiger charge is -2.21. The predicted octanol–water partition coefficient (Wildman–Crippen LogP) is -0.802. The van der Waals surface area contributed by atoms with Crippen LogP contribution in [-0.4, -0.2) is 72.3 Å². The van der Waals surface area contributed by atoms with Crippen LogP contribution in [0.25, 0.3) is 0 Å². The van der Waals surface area contributed by atoms with Gasteiger partial charge < -0.3 is 42.0 Å². The van der Waals surface area contributed by atoms with Crippen molar-refractivity contribution in [1.29, 1.82) is 0 Å². The molecule has 13 heteroatoms. The van der Waals surface area contributed by atoms with E-state index in [1.54, 1.807) is 31.2 Å². The summed E-state index contributed by atoms with van der Waals surface area (Å²) >= 11 is 0. The summed E-state index contributed by atoms with van der Waals surface area (Å²) in [4.78, 5) is 51.6. The number of nitrogens with one attached hydrogen (secondary N) is 3. The molecule has 0 spiro atoms. The molecule has 35 heavy (non-hydrogen) atoms. The molecule has 2 rings (SSSR count). The Labute approximate surface area is 202 Å². The molecule has 1 aromatic carbocycles. The van der Waals surface area contributed by atoms with Crippen molar-refractivity contribution in [3.05, 3.63) is 35.9 Å². The standard InChI is InChI=1S/C22H32N6O7/c1-13(27-18(29)9-10-25-21(23)24)16-7-8-17(35-16)19(30)26-11-15(20(31)32)28-22(33)34-12-14-5-3-2-4-6-14/h2-6,13,15-17H,7-12H2,1H3,(H,26,30)(H,27,29)(H,28,33)(H,31,32)(H4,23,24,25)/t13-,15-,16-,17-/m0/s1. The number of carboxylic acids is 1. The van der Waals surface area contributed by atoms with Gasteiger partial charge in [0.25, 0.3) is 0 Å². The smallest absolute Gasteiger partial charge is 0.408 e. The Kier molecular flexibility index (Phi) is 10.8. The third kappa shape index (κ3) is 9.88. The van der Waals surface area contributed by atoms with E-state index in [1.165, 1.54) is 0 Å². The van der Waals surface area contributed by atoms with Crippen molar-refractivity contribution in [1.82, 2.24) is 16.0 Å². The van der Waals surface area contributed by atoms with Gasteiger partial charge in [0.05, 0.1) is 18.7 Å². The number of carbonyl (C=O) groups excluding carboxylic acids is 3. The Bertz CT molecular complexity index is 907. The highest BCUT2D eigenvalue weighted by Crippen LogP contribution is 2.22. The maximum atomic E-state index is 12.5.